The van der Waals surface area contributed by atoms with Gasteiger partial charge in [0.25, 0.3) is 0 Å². The summed E-state index contributed by atoms with van der Waals surface area (Å²) < 4.78 is 8.45. The van der Waals surface area contributed by atoms with Gasteiger partial charge in [-0.1, -0.05) is 31.4 Å². The second-order valence-electron chi connectivity index (χ2n) is 5.38. The van der Waals surface area contributed by atoms with Gasteiger partial charge in [-0.05, 0) is 49.4 Å². The number of rotatable bonds is 6. The van der Waals surface area contributed by atoms with Crippen LogP contribution in [0.3, 0.4) is 0 Å². The smallest absolute Gasteiger partial charge is 0.0802 e. The fourth-order valence-corrected chi connectivity index (χ4v) is 2.64. The molecule has 1 aromatic carbocycles. The van der Waals surface area contributed by atoms with Gasteiger partial charge in [-0.3, -0.25) is 0 Å². The third kappa shape index (κ3) is 4.51. The predicted octanol–water partition coefficient (Wildman–Crippen LogP) is 3.06. The first-order chi connectivity index (χ1) is 9.63. The molecule has 0 aliphatic heterocycles. The van der Waals surface area contributed by atoms with Crippen LogP contribution in [0.4, 0.5) is 5.69 Å². The maximum absolute atomic E-state index is 9.97. The van der Waals surface area contributed by atoms with E-state index in [0.717, 1.165) is 24.1 Å². The fraction of sp³-hybridized carbons (Fsp3) is 0.625. The van der Waals surface area contributed by atoms with Crippen LogP contribution in [-0.4, -0.2) is 18.2 Å². The van der Waals surface area contributed by atoms with Gasteiger partial charge in [0, 0.05) is 13.6 Å². The summed E-state index contributed by atoms with van der Waals surface area (Å²) in [7, 11) is 0. The number of aliphatic hydroxyl groups excluding tert-OH is 1. The van der Waals surface area contributed by atoms with Gasteiger partial charge in [0.05, 0.1) is 6.10 Å². The zero-order valence-corrected chi connectivity index (χ0v) is 11.6. The van der Waals surface area contributed by atoms with Crippen molar-refractivity contribution in [2.45, 2.75) is 44.6 Å². The number of hydrogen-bond acceptors (Lipinski definition) is 3. The topological polar surface area (TPSA) is 58.3 Å². The van der Waals surface area contributed by atoms with Crippen LogP contribution in [0.25, 0.3) is 0 Å². The average Bonchev–Trinajstić information content (AvgIpc) is 2.47. The maximum atomic E-state index is 9.97. The largest absolute Gasteiger partial charge is 0.388 e. The zero-order chi connectivity index (χ0) is 14.4. The average molecular weight is 263 g/mol. The minimum Gasteiger partial charge on any atom is -0.388 e. The van der Waals surface area contributed by atoms with Crippen LogP contribution >= 0.6 is 0 Å². The molecule has 0 heterocycles. The molecule has 4 N–H and O–H groups in total. The van der Waals surface area contributed by atoms with E-state index in [0.29, 0.717) is 19.5 Å². The van der Waals surface area contributed by atoms with E-state index < -0.39 is 6.10 Å². The number of hydrogen-bond donors (Lipinski definition) is 3. The Morgan fingerprint density at radius 3 is 2.89 bits per heavy atom. The second kappa shape index (κ2) is 7.51. The molecule has 0 bridgehead atoms. The van der Waals surface area contributed by atoms with E-state index in [1.807, 2.05) is 24.3 Å². The molecule has 106 valence electrons. The van der Waals surface area contributed by atoms with Gasteiger partial charge in [-0.25, -0.2) is 0 Å². The lowest BCUT2D eigenvalue weighted by Crippen LogP contribution is -2.17. The van der Waals surface area contributed by atoms with Crippen molar-refractivity contribution in [2.75, 3.05) is 18.4 Å². The number of nitrogens with two attached hydrogens (primary N) is 1. The van der Waals surface area contributed by atoms with Crippen molar-refractivity contribution in [2.24, 2.45) is 11.6 Å². The van der Waals surface area contributed by atoms with Crippen molar-refractivity contribution in [1.82, 2.24) is 0 Å². The van der Waals surface area contributed by atoms with Crippen molar-refractivity contribution in [3.05, 3.63) is 29.8 Å². The third-order valence-corrected chi connectivity index (χ3v) is 3.81. The summed E-state index contributed by atoms with van der Waals surface area (Å²) in [6, 6.07) is 7.81. The van der Waals surface area contributed by atoms with Gasteiger partial charge < -0.3 is 16.2 Å². The number of nitrogens with one attached hydrogen (secondary N) is 1. The lowest BCUT2D eigenvalue weighted by Gasteiger charge is -2.22. The van der Waals surface area contributed by atoms with E-state index in [1.54, 1.807) is 0 Å². The van der Waals surface area contributed by atoms with Crippen LogP contribution in [0.2, 0.25) is 0 Å². The molecule has 1 aromatic rings. The van der Waals surface area contributed by atoms with Crippen LogP contribution in [0, 0.1) is 5.89 Å². The molecule has 0 saturated heterocycles. The standard InChI is InChI=1S/C16H26N2O/c17-10-9-16(19)14-7-4-8-15(11-14)18-12-13-5-2-1-3-6-13/h4,7-8,11,13,16,18-19H,1-3,5-6,9-10,12,17H2/i13D. The van der Waals surface area contributed by atoms with Crippen molar-refractivity contribution in [1.29, 1.82) is 0 Å². The van der Waals surface area contributed by atoms with Gasteiger partial charge in [0.15, 0.2) is 0 Å². The molecule has 1 unspecified atom stereocenters. The molecule has 1 aliphatic rings. The Kier molecular flexibility index (Phi) is 5.12. The maximum Gasteiger partial charge on any atom is 0.0802 e. The van der Waals surface area contributed by atoms with Crippen molar-refractivity contribution in [3.63, 3.8) is 0 Å². The van der Waals surface area contributed by atoms with Crippen LogP contribution in [0.15, 0.2) is 24.3 Å². The molecule has 1 saturated carbocycles. The Morgan fingerprint density at radius 1 is 1.37 bits per heavy atom. The van der Waals surface area contributed by atoms with E-state index in [9.17, 15) is 5.11 Å². The second-order valence-corrected chi connectivity index (χ2v) is 5.38. The lowest BCUT2D eigenvalue weighted by atomic mass is 9.89. The number of aliphatic hydroxyl groups is 1. The summed E-state index contributed by atoms with van der Waals surface area (Å²) >= 11 is 0. The highest BCUT2D eigenvalue weighted by Crippen LogP contribution is 2.25. The van der Waals surface area contributed by atoms with Crippen LogP contribution < -0.4 is 11.1 Å². The van der Waals surface area contributed by atoms with Gasteiger partial charge in [-0.2, -0.15) is 0 Å². The van der Waals surface area contributed by atoms with Crippen LogP contribution in [-0.2, 0) is 0 Å². The highest BCUT2D eigenvalue weighted by Gasteiger charge is 2.13. The molecule has 3 heteroatoms. The van der Waals surface area contributed by atoms with E-state index in [4.69, 9.17) is 7.10 Å². The molecular formula is C16H26N2O. The molecule has 19 heavy (non-hydrogen) atoms. The Morgan fingerprint density at radius 2 is 2.16 bits per heavy atom. The first kappa shape index (κ1) is 12.9. The fourth-order valence-electron chi connectivity index (χ4n) is 2.64. The quantitative estimate of drug-likeness (QED) is 0.739. The highest BCUT2D eigenvalue weighted by atomic mass is 16.3. The molecule has 3 nitrogen and oxygen atoms in total. The molecule has 0 aromatic heterocycles. The molecule has 0 amide bonds. The normalized spacial score (nSPS) is 20.6. The van der Waals surface area contributed by atoms with E-state index in [1.165, 1.54) is 19.3 Å². The van der Waals surface area contributed by atoms with Gasteiger partial charge in [0.1, 0.15) is 0 Å². The number of benzene rings is 1. The Bertz CT molecular complexity index is 419. The van der Waals surface area contributed by atoms with Gasteiger partial charge >= 0.3 is 0 Å². The summed E-state index contributed by atoms with van der Waals surface area (Å²) in [5, 5.41) is 13.3. The lowest BCUT2D eigenvalue weighted by molar-refractivity contribution is 0.170. The van der Waals surface area contributed by atoms with E-state index in [2.05, 4.69) is 5.32 Å². The predicted molar refractivity (Wildman–Crippen MR) is 80.1 cm³/mol. The summed E-state index contributed by atoms with van der Waals surface area (Å²) in [6.45, 7) is 1.16. The van der Waals surface area contributed by atoms with Crippen molar-refractivity contribution < 1.29 is 6.48 Å². The summed E-state index contributed by atoms with van der Waals surface area (Å²) in [5.41, 5.74) is 7.35. The molecule has 0 spiro atoms. The minimum atomic E-state index is -0.499. The third-order valence-electron chi connectivity index (χ3n) is 3.81. The Hall–Kier alpha value is -1.06. The van der Waals surface area contributed by atoms with Crippen molar-refractivity contribution >= 4 is 5.69 Å². The monoisotopic (exact) mass is 263 g/mol. The van der Waals surface area contributed by atoms with Gasteiger partial charge in [0.2, 0.25) is 0 Å². The first-order valence-corrected chi connectivity index (χ1v) is 7.35. The first-order valence-electron chi connectivity index (χ1n) is 7.85. The molecule has 1 aliphatic carbocycles. The molecular weight excluding hydrogens is 236 g/mol. The molecule has 0 radical (unpaired) electrons. The van der Waals surface area contributed by atoms with E-state index in [-0.39, 0.29) is 5.89 Å². The molecule has 1 atom stereocenters. The van der Waals surface area contributed by atoms with Gasteiger partial charge in [-0.15, -0.1) is 0 Å². The van der Waals surface area contributed by atoms with Crippen LogP contribution in [0.5, 0.6) is 0 Å². The number of anilines is 1. The Labute approximate surface area is 117 Å². The summed E-state index contributed by atoms with van der Waals surface area (Å²) in [4.78, 5) is 0. The highest BCUT2D eigenvalue weighted by molar-refractivity contribution is 5.46. The summed E-state index contributed by atoms with van der Waals surface area (Å²) in [5.74, 6) is -0.329. The van der Waals surface area contributed by atoms with E-state index >= 15 is 0 Å². The Balaban J connectivity index is 1.94. The summed E-state index contributed by atoms with van der Waals surface area (Å²) in [6.07, 6.45) is 5.64. The molecule has 2 rings (SSSR count). The minimum absolute atomic E-state index is 0.329. The molecule has 1 fully saturated rings. The zero-order valence-electron chi connectivity index (χ0n) is 12.6. The van der Waals surface area contributed by atoms with Crippen LogP contribution in [0.1, 0.15) is 51.6 Å². The SMILES string of the molecule is [2H]C1(CNc2cccc(C(O)CCN)c2)CCCCC1. The van der Waals surface area contributed by atoms with Crippen molar-refractivity contribution in [3.8, 4) is 0 Å².